The Bertz CT molecular complexity index is 1320. The van der Waals surface area contributed by atoms with E-state index in [2.05, 4.69) is 14.6 Å². The molecule has 4 aromatic rings. The molecule has 0 aliphatic rings. The van der Waals surface area contributed by atoms with Gasteiger partial charge in [0, 0.05) is 16.8 Å². The number of carboxylic acids is 1. The second-order valence-corrected chi connectivity index (χ2v) is 7.58. The Labute approximate surface area is 213 Å². The fourth-order valence-electron chi connectivity index (χ4n) is 2.80. The summed E-state index contributed by atoms with van der Waals surface area (Å²) in [7, 11) is 0. The van der Waals surface area contributed by atoms with Crippen LogP contribution in [-0.4, -0.2) is 27.0 Å². The number of carbonyl (C=O) groups is 1. The van der Waals surface area contributed by atoms with E-state index in [9.17, 15) is 4.79 Å². The Kier molecular flexibility index (Phi) is 10.1. The lowest BCUT2D eigenvalue weighted by atomic mass is 10.1. The second kappa shape index (κ2) is 13.9. The van der Waals surface area contributed by atoms with Crippen LogP contribution in [0.2, 0.25) is 5.02 Å². The number of benzene rings is 2. The molecular formula is C28H23ClN2O5. The largest absolute Gasteiger partial charge is 0.489 e. The third-order valence-corrected chi connectivity index (χ3v) is 5.01. The first-order valence-electron chi connectivity index (χ1n) is 10.8. The lowest BCUT2D eigenvalue weighted by Crippen LogP contribution is -1.96. The summed E-state index contributed by atoms with van der Waals surface area (Å²) in [5.41, 5.74) is 3.11. The van der Waals surface area contributed by atoms with Gasteiger partial charge in [-0.1, -0.05) is 59.2 Å². The predicted octanol–water partition coefficient (Wildman–Crippen LogP) is 6.85. The molecule has 0 saturated heterocycles. The molecule has 2 aromatic carbocycles. The first-order chi connectivity index (χ1) is 17.5. The fourth-order valence-corrected chi connectivity index (χ4v) is 2.99. The van der Waals surface area contributed by atoms with Crippen LogP contribution in [-0.2, 0) is 6.61 Å². The molecular weight excluding hydrogens is 480 g/mol. The lowest BCUT2D eigenvalue weighted by Gasteiger charge is -2.07. The Morgan fingerprint density at radius 2 is 1.72 bits per heavy atom. The maximum atomic E-state index is 9.97. The van der Waals surface area contributed by atoms with Crippen molar-refractivity contribution >= 4 is 35.4 Å². The monoisotopic (exact) mass is 502 g/mol. The van der Waals surface area contributed by atoms with Gasteiger partial charge in [0.05, 0.1) is 12.0 Å². The van der Waals surface area contributed by atoms with E-state index in [4.69, 9.17) is 26.7 Å². The van der Waals surface area contributed by atoms with E-state index in [0.29, 0.717) is 17.3 Å². The maximum absolute atomic E-state index is 9.97. The van der Waals surface area contributed by atoms with Gasteiger partial charge in [0.15, 0.2) is 0 Å². The highest BCUT2D eigenvalue weighted by molar-refractivity contribution is 6.31. The summed E-state index contributed by atoms with van der Waals surface area (Å²) in [5, 5.41) is 21.3. The van der Waals surface area contributed by atoms with Crippen LogP contribution in [0, 0.1) is 0 Å². The molecule has 36 heavy (non-hydrogen) atoms. The summed E-state index contributed by atoms with van der Waals surface area (Å²) in [6, 6.07) is 23.8. The van der Waals surface area contributed by atoms with Gasteiger partial charge in [0.25, 0.3) is 0 Å². The number of aromatic carboxylic acids is 1. The van der Waals surface area contributed by atoms with Gasteiger partial charge in [-0.2, -0.15) is 0 Å². The minimum Gasteiger partial charge on any atom is -0.489 e. The molecule has 2 N–H and O–H groups in total. The molecule has 7 nitrogen and oxygen atoms in total. The van der Waals surface area contributed by atoms with E-state index in [1.807, 2.05) is 72.8 Å². The van der Waals surface area contributed by atoms with E-state index < -0.39 is 5.97 Å². The molecule has 0 spiro atoms. The number of furan rings is 1. The molecule has 8 heteroatoms. The van der Waals surface area contributed by atoms with Crippen LogP contribution in [0.25, 0.3) is 12.2 Å². The van der Waals surface area contributed by atoms with Gasteiger partial charge in [-0.15, -0.1) is 0 Å². The number of ether oxygens (including phenoxy) is 1. The van der Waals surface area contributed by atoms with Crippen LogP contribution >= 0.6 is 11.6 Å². The molecule has 182 valence electrons. The average Bonchev–Trinajstić information content (AvgIpc) is 3.46. The zero-order chi connectivity index (χ0) is 25.6. The average molecular weight is 503 g/mol. The third-order valence-electron chi connectivity index (χ3n) is 4.64. The summed E-state index contributed by atoms with van der Waals surface area (Å²) >= 11 is 6.13. The number of nitrogens with zero attached hydrogens (tertiary/aromatic N) is 2. The van der Waals surface area contributed by atoms with Gasteiger partial charge in [0.2, 0.25) is 5.76 Å². The van der Waals surface area contributed by atoms with Gasteiger partial charge in [-0.05, 0) is 66.3 Å². The van der Waals surface area contributed by atoms with Crippen molar-refractivity contribution in [2.24, 2.45) is 5.16 Å². The summed E-state index contributed by atoms with van der Waals surface area (Å²) in [6.07, 6.45) is 10.1. The number of hydrogen-bond donors (Lipinski definition) is 2. The van der Waals surface area contributed by atoms with Crippen LogP contribution < -0.4 is 4.74 Å². The van der Waals surface area contributed by atoms with Crippen molar-refractivity contribution in [2.45, 2.75) is 6.61 Å². The summed E-state index contributed by atoms with van der Waals surface area (Å²) in [6.45, 7) is 0.411. The Morgan fingerprint density at radius 1 is 0.972 bits per heavy atom. The van der Waals surface area contributed by atoms with E-state index in [1.54, 1.807) is 24.4 Å². The number of pyridine rings is 1. The van der Waals surface area contributed by atoms with Crippen LogP contribution in [0.3, 0.4) is 0 Å². The second-order valence-electron chi connectivity index (χ2n) is 7.18. The highest BCUT2D eigenvalue weighted by Gasteiger charge is 2.02. The van der Waals surface area contributed by atoms with Crippen LogP contribution in [0.15, 0.2) is 113 Å². The van der Waals surface area contributed by atoms with Crippen molar-refractivity contribution in [3.05, 3.63) is 131 Å². The first-order valence-corrected chi connectivity index (χ1v) is 11.2. The predicted molar refractivity (Wildman–Crippen MR) is 139 cm³/mol. The van der Waals surface area contributed by atoms with Crippen LogP contribution in [0.1, 0.15) is 27.4 Å². The molecule has 0 bridgehead atoms. The van der Waals surface area contributed by atoms with Crippen molar-refractivity contribution < 1.29 is 24.3 Å². The Hall–Kier alpha value is -4.62. The van der Waals surface area contributed by atoms with Crippen molar-refractivity contribution in [3.8, 4) is 5.75 Å². The smallest absolute Gasteiger partial charge is 0.371 e. The maximum Gasteiger partial charge on any atom is 0.371 e. The molecule has 0 amide bonds. The number of rotatable bonds is 8. The Morgan fingerprint density at radius 3 is 2.33 bits per heavy atom. The highest BCUT2D eigenvalue weighted by atomic mass is 35.5. The highest BCUT2D eigenvalue weighted by Crippen LogP contribution is 2.19. The third kappa shape index (κ3) is 8.62. The SMILES string of the molecule is O=C(O)c1ccco1.ON=C(C=Cc1ccc(OCc2ccccc2Cl)cc1)C=Cc1ccccn1. The standard InChI is InChI=1S/C23H19ClN2O2.C5H4O3/c24-23-7-2-1-5-19(23)17-28-22-14-9-18(10-15-22)8-11-21(26-27)13-12-20-6-3-4-16-25-20;6-5(7)4-2-1-3-8-4/h1-16,27H,17H2;1-3H,(H,6,7). The fraction of sp³-hybridized carbons (Fsp3) is 0.0357. The Balaban J connectivity index is 0.000000383. The molecule has 0 saturated carbocycles. The molecule has 0 fully saturated rings. The minimum absolute atomic E-state index is 0.0231. The molecule has 2 heterocycles. The number of hydrogen-bond acceptors (Lipinski definition) is 6. The number of carboxylic acid groups (broad SMARTS) is 1. The van der Waals surface area contributed by atoms with Crippen LogP contribution in [0.4, 0.5) is 0 Å². The molecule has 2 aromatic heterocycles. The molecule has 0 aliphatic carbocycles. The summed E-state index contributed by atoms with van der Waals surface area (Å²) in [5.74, 6) is -0.303. The van der Waals surface area contributed by atoms with E-state index in [-0.39, 0.29) is 5.76 Å². The van der Waals surface area contributed by atoms with Gasteiger partial charge in [-0.3, -0.25) is 4.98 Å². The van der Waals surface area contributed by atoms with Gasteiger partial charge < -0.3 is 19.5 Å². The zero-order valence-electron chi connectivity index (χ0n) is 19.1. The minimum atomic E-state index is -1.03. The molecule has 0 aliphatic heterocycles. The van der Waals surface area contributed by atoms with Crippen molar-refractivity contribution in [2.75, 3.05) is 0 Å². The van der Waals surface area contributed by atoms with E-state index in [0.717, 1.165) is 22.6 Å². The zero-order valence-corrected chi connectivity index (χ0v) is 19.8. The van der Waals surface area contributed by atoms with Gasteiger partial charge >= 0.3 is 5.97 Å². The van der Waals surface area contributed by atoms with Gasteiger partial charge in [0.1, 0.15) is 18.1 Å². The number of allylic oxidation sites excluding steroid dienone is 2. The quantitative estimate of drug-likeness (QED) is 0.155. The number of aromatic nitrogens is 1. The molecule has 0 radical (unpaired) electrons. The van der Waals surface area contributed by atoms with Crippen LogP contribution in [0.5, 0.6) is 5.75 Å². The van der Waals surface area contributed by atoms with Crippen molar-refractivity contribution in [1.82, 2.24) is 4.98 Å². The molecule has 4 rings (SSSR count). The molecule has 0 unspecified atom stereocenters. The topological polar surface area (TPSA) is 105 Å². The van der Waals surface area contributed by atoms with Gasteiger partial charge in [-0.25, -0.2) is 4.79 Å². The lowest BCUT2D eigenvalue weighted by molar-refractivity contribution is 0.0662. The van der Waals surface area contributed by atoms with E-state index in [1.165, 1.54) is 18.4 Å². The normalized spacial score (nSPS) is 11.3. The van der Waals surface area contributed by atoms with Crippen molar-refractivity contribution in [3.63, 3.8) is 0 Å². The van der Waals surface area contributed by atoms with E-state index >= 15 is 0 Å². The number of halogens is 1. The first kappa shape index (κ1) is 26.0. The number of oxime groups is 1. The summed E-state index contributed by atoms with van der Waals surface area (Å²) in [4.78, 5) is 14.2. The molecule has 0 atom stereocenters. The van der Waals surface area contributed by atoms with Crippen molar-refractivity contribution in [1.29, 1.82) is 0 Å². The summed E-state index contributed by atoms with van der Waals surface area (Å²) < 4.78 is 10.3.